The molecule has 0 fully saturated rings. The molecule has 122 valence electrons. The average Bonchev–Trinajstić information content (AvgIpc) is 3.16. The van der Waals surface area contributed by atoms with E-state index in [1.807, 2.05) is 0 Å². The number of benzene rings is 2. The van der Waals surface area contributed by atoms with Crippen molar-refractivity contribution in [3.8, 4) is 17.2 Å². The zero-order valence-corrected chi connectivity index (χ0v) is 13.1. The summed E-state index contributed by atoms with van der Waals surface area (Å²) in [4.78, 5) is 12.4. The molecule has 0 unspecified atom stereocenters. The van der Waals surface area contributed by atoms with E-state index in [9.17, 15) is 4.79 Å². The summed E-state index contributed by atoms with van der Waals surface area (Å²) in [6, 6.07) is 12.1. The van der Waals surface area contributed by atoms with Gasteiger partial charge in [-0.3, -0.25) is 4.79 Å². The fraction of sp³-hybridized carbons (Fsp3) is 0.125. The molecule has 0 saturated carbocycles. The van der Waals surface area contributed by atoms with Crippen LogP contribution in [0.15, 0.2) is 48.8 Å². The normalized spacial score (nSPS) is 10.2. The second-order valence-corrected chi connectivity index (χ2v) is 4.82. The summed E-state index contributed by atoms with van der Waals surface area (Å²) in [7, 11) is 3.10. The number of carbonyl (C=O) groups excluding carboxylic acids is 1. The van der Waals surface area contributed by atoms with Crippen LogP contribution in [0.4, 0.5) is 5.69 Å². The number of amides is 1. The minimum absolute atomic E-state index is 0.259. The van der Waals surface area contributed by atoms with E-state index in [0.29, 0.717) is 22.7 Å². The molecule has 0 saturated heterocycles. The molecule has 0 aliphatic carbocycles. The van der Waals surface area contributed by atoms with Crippen LogP contribution in [0.5, 0.6) is 11.5 Å². The number of nitrogens with zero attached hydrogens (tertiary/aromatic N) is 4. The lowest BCUT2D eigenvalue weighted by molar-refractivity contribution is 0.102. The van der Waals surface area contributed by atoms with Crippen LogP contribution in [0.2, 0.25) is 0 Å². The van der Waals surface area contributed by atoms with Crippen LogP contribution in [0, 0.1) is 0 Å². The van der Waals surface area contributed by atoms with E-state index >= 15 is 0 Å². The predicted octanol–water partition coefficient (Wildman–Crippen LogP) is 1.93. The van der Waals surface area contributed by atoms with E-state index < -0.39 is 0 Å². The number of ether oxygens (including phenoxy) is 2. The maximum absolute atomic E-state index is 12.4. The first-order valence-corrected chi connectivity index (χ1v) is 7.08. The van der Waals surface area contributed by atoms with Gasteiger partial charge >= 0.3 is 0 Å². The molecule has 3 aromatic rings. The van der Waals surface area contributed by atoms with Crippen molar-refractivity contribution < 1.29 is 14.3 Å². The summed E-state index contributed by atoms with van der Waals surface area (Å²) in [5.74, 6) is 0.916. The molecular formula is C16H15N5O3. The molecule has 3 rings (SSSR count). The monoisotopic (exact) mass is 325 g/mol. The molecule has 0 radical (unpaired) electrons. The van der Waals surface area contributed by atoms with Gasteiger partial charge in [-0.1, -0.05) is 0 Å². The highest BCUT2D eigenvalue weighted by Crippen LogP contribution is 2.29. The molecule has 1 aromatic heterocycles. The van der Waals surface area contributed by atoms with Gasteiger partial charge in [0.25, 0.3) is 5.91 Å². The quantitative estimate of drug-likeness (QED) is 0.771. The second kappa shape index (κ2) is 6.78. The average molecular weight is 325 g/mol. The molecule has 0 bridgehead atoms. The molecular weight excluding hydrogens is 310 g/mol. The van der Waals surface area contributed by atoms with E-state index in [2.05, 4.69) is 20.8 Å². The molecule has 0 aliphatic rings. The maximum Gasteiger partial charge on any atom is 0.255 e. The van der Waals surface area contributed by atoms with Gasteiger partial charge in [-0.15, -0.1) is 5.10 Å². The SMILES string of the molecule is COc1ccc(OC)c(NC(=O)c2ccc(-n3cnnn3)cc2)c1. The van der Waals surface area contributed by atoms with Crippen molar-refractivity contribution >= 4 is 11.6 Å². The molecule has 0 aliphatic heterocycles. The summed E-state index contributed by atoms with van der Waals surface area (Å²) in [6.45, 7) is 0. The predicted molar refractivity (Wildman–Crippen MR) is 86.7 cm³/mol. The fourth-order valence-electron chi connectivity index (χ4n) is 2.15. The number of methoxy groups -OCH3 is 2. The van der Waals surface area contributed by atoms with Crippen LogP contribution in [-0.4, -0.2) is 40.3 Å². The summed E-state index contributed by atoms with van der Waals surface area (Å²) < 4.78 is 11.9. The third kappa shape index (κ3) is 3.17. The van der Waals surface area contributed by atoms with Gasteiger partial charge in [0.2, 0.25) is 0 Å². The standard InChI is InChI=1S/C16H15N5O3/c1-23-13-7-8-15(24-2)14(9-13)18-16(22)11-3-5-12(6-4-11)21-10-17-19-20-21/h3-10H,1-2H3,(H,18,22). The Bertz CT molecular complexity index is 831. The number of hydrogen-bond acceptors (Lipinski definition) is 6. The van der Waals surface area contributed by atoms with Gasteiger partial charge in [0, 0.05) is 11.6 Å². The van der Waals surface area contributed by atoms with Crippen molar-refractivity contribution in [1.82, 2.24) is 20.2 Å². The first-order valence-electron chi connectivity index (χ1n) is 7.08. The molecule has 2 aromatic carbocycles. The largest absolute Gasteiger partial charge is 0.497 e. The summed E-state index contributed by atoms with van der Waals surface area (Å²) in [5, 5.41) is 13.8. The molecule has 0 atom stereocenters. The second-order valence-electron chi connectivity index (χ2n) is 4.82. The topological polar surface area (TPSA) is 91.2 Å². The van der Waals surface area contributed by atoms with Crippen LogP contribution in [0.1, 0.15) is 10.4 Å². The van der Waals surface area contributed by atoms with Crippen molar-refractivity contribution in [3.05, 3.63) is 54.4 Å². The van der Waals surface area contributed by atoms with Crippen molar-refractivity contribution in [3.63, 3.8) is 0 Å². The Hall–Kier alpha value is -3.42. The lowest BCUT2D eigenvalue weighted by Crippen LogP contribution is -2.13. The number of hydrogen-bond donors (Lipinski definition) is 1. The molecule has 24 heavy (non-hydrogen) atoms. The van der Waals surface area contributed by atoms with Crippen molar-refractivity contribution in [2.24, 2.45) is 0 Å². The van der Waals surface area contributed by atoms with Crippen molar-refractivity contribution in [2.45, 2.75) is 0 Å². The maximum atomic E-state index is 12.4. The minimum Gasteiger partial charge on any atom is -0.497 e. The van der Waals surface area contributed by atoms with Crippen LogP contribution >= 0.6 is 0 Å². The van der Waals surface area contributed by atoms with E-state index in [-0.39, 0.29) is 5.91 Å². The fourth-order valence-corrected chi connectivity index (χ4v) is 2.15. The van der Waals surface area contributed by atoms with Gasteiger partial charge in [0.05, 0.1) is 25.6 Å². The van der Waals surface area contributed by atoms with E-state index in [1.54, 1.807) is 56.7 Å². The molecule has 0 spiro atoms. The zero-order chi connectivity index (χ0) is 16.9. The highest BCUT2D eigenvalue weighted by molar-refractivity contribution is 6.05. The lowest BCUT2D eigenvalue weighted by Gasteiger charge is -2.12. The number of anilines is 1. The number of carbonyl (C=O) groups is 1. The third-order valence-corrected chi connectivity index (χ3v) is 3.40. The number of nitrogens with one attached hydrogen (secondary N) is 1. The molecule has 8 heteroatoms. The van der Waals surface area contributed by atoms with Gasteiger partial charge in [-0.25, -0.2) is 4.68 Å². The van der Waals surface area contributed by atoms with Crippen molar-refractivity contribution in [2.75, 3.05) is 19.5 Å². The Morgan fingerprint density at radius 1 is 1.08 bits per heavy atom. The Balaban J connectivity index is 1.80. The van der Waals surface area contributed by atoms with E-state index in [4.69, 9.17) is 9.47 Å². The summed E-state index contributed by atoms with van der Waals surface area (Å²) >= 11 is 0. The van der Waals surface area contributed by atoms with Crippen molar-refractivity contribution in [1.29, 1.82) is 0 Å². The van der Waals surface area contributed by atoms with Crippen LogP contribution in [0.25, 0.3) is 5.69 Å². The van der Waals surface area contributed by atoms with Gasteiger partial charge in [-0.05, 0) is 46.8 Å². The smallest absolute Gasteiger partial charge is 0.255 e. The zero-order valence-electron chi connectivity index (χ0n) is 13.1. The van der Waals surface area contributed by atoms with Crippen LogP contribution in [-0.2, 0) is 0 Å². The Morgan fingerprint density at radius 3 is 2.50 bits per heavy atom. The molecule has 1 heterocycles. The van der Waals surface area contributed by atoms with Gasteiger partial charge in [0.15, 0.2) is 0 Å². The van der Waals surface area contributed by atoms with E-state index in [1.165, 1.54) is 11.0 Å². The van der Waals surface area contributed by atoms with E-state index in [0.717, 1.165) is 5.69 Å². The number of tetrazole rings is 1. The summed E-state index contributed by atoms with van der Waals surface area (Å²) in [5.41, 5.74) is 1.79. The van der Waals surface area contributed by atoms with Crippen LogP contribution in [0.3, 0.4) is 0 Å². The Kier molecular flexibility index (Phi) is 4.37. The molecule has 1 amide bonds. The molecule has 8 nitrogen and oxygen atoms in total. The Labute approximate surface area is 138 Å². The highest BCUT2D eigenvalue weighted by atomic mass is 16.5. The lowest BCUT2D eigenvalue weighted by atomic mass is 10.2. The summed E-state index contributed by atoms with van der Waals surface area (Å²) in [6.07, 6.45) is 1.48. The minimum atomic E-state index is -0.259. The van der Waals surface area contributed by atoms with Crippen LogP contribution < -0.4 is 14.8 Å². The first-order chi connectivity index (χ1) is 11.7. The Morgan fingerprint density at radius 2 is 1.88 bits per heavy atom. The van der Waals surface area contributed by atoms with Gasteiger partial charge < -0.3 is 14.8 Å². The number of rotatable bonds is 5. The highest BCUT2D eigenvalue weighted by Gasteiger charge is 2.11. The number of aromatic nitrogens is 4. The third-order valence-electron chi connectivity index (χ3n) is 3.40. The van der Waals surface area contributed by atoms with Gasteiger partial charge in [-0.2, -0.15) is 0 Å². The van der Waals surface area contributed by atoms with Gasteiger partial charge in [0.1, 0.15) is 17.8 Å². The molecule has 1 N–H and O–H groups in total. The first kappa shape index (κ1) is 15.5.